The predicted octanol–water partition coefficient (Wildman–Crippen LogP) is 8.44. The molecule has 4 aliphatic rings. The summed E-state index contributed by atoms with van der Waals surface area (Å²) in [7, 11) is 0. The molecular weight excluding hydrogens is 416 g/mol. The van der Waals surface area contributed by atoms with Crippen molar-refractivity contribution in [2.24, 2.45) is 16.8 Å². The smallest absolute Gasteiger partial charge is 0.248 e. The summed E-state index contributed by atoms with van der Waals surface area (Å²) in [4.78, 5) is 4.65. The number of halogens is 4. The third kappa shape index (κ3) is 8.29. The fraction of sp³-hybridized carbons (Fsp3) is 0.962. The molecule has 0 bridgehead atoms. The average molecular weight is 465 g/mol. The summed E-state index contributed by atoms with van der Waals surface area (Å²) >= 11 is 0. The predicted molar refractivity (Wildman–Crippen MR) is 128 cm³/mol. The Kier molecular flexibility index (Phi) is 11.7. The van der Waals surface area contributed by atoms with Crippen molar-refractivity contribution in [2.75, 3.05) is 0 Å². The molecule has 0 aromatic carbocycles. The van der Waals surface area contributed by atoms with E-state index in [2.05, 4.69) is 24.2 Å². The van der Waals surface area contributed by atoms with E-state index in [1.54, 1.807) is 0 Å². The van der Waals surface area contributed by atoms with Crippen LogP contribution >= 0.6 is 0 Å². The number of alkyl halides is 4. The largest absolute Gasteiger partial charge is 0.311 e. The van der Waals surface area contributed by atoms with Gasteiger partial charge in [0.2, 0.25) is 11.8 Å². The third-order valence-corrected chi connectivity index (χ3v) is 7.89. The van der Waals surface area contributed by atoms with Crippen LogP contribution in [0.1, 0.15) is 119 Å². The summed E-state index contributed by atoms with van der Waals surface area (Å²) in [5.41, 5.74) is 1.29. The molecule has 1 saturated heterocycles. The summed E-state index contributed by atoms with van der Waals surface area (Å²) in [6, 6.07) is 1.51. The van der Waals surface area contributed by atoms with Gasteiger partial charge in [0.05, 0.1) is 6.04 Å². The van der Waals surface area contributed by atoms with Gasteiger partial charge in [-0.2, -0.15) is 0 Å². The molecule has 2 aliphatic carbocycles. The van der Waals surface area contributed by atoms with Crippen molar-refractivity contribution >= 4 is 5.71 Å². The van der Waals surface area contributed by atoms with Gasteiger partial charge in [-0.15, -0.1) is 0 Å². The van der Waals surface area contributed by atoms with Crippen LogP contribution in [-0.2, 0) is 0 Å². The molecule has 32 heavy (non-hydrogen) atoms. The van der Waals surface area contributed by atoms with Crippen molar-refractivity contribution in [3.63, 3.8) is 0 Å². The molecule has 3 fully saturated rings. The van der Waals surface area contributed by atoms with Crippen LogP contribution in [0.4, 0.5) is 17.6 Å². The van der Waals surface area contributed by atoms with Crippen LogP contribution in [0.5, 0.6) is 0 Å². The Labute approximate surface area is 194 Å². The van der Waals surface area contributed by atoms with Gasteiger partial charge in [0.1, 0.15) is 0 Å². The van der Waals surface area contributed by atoms with E-state index in [0.29, 0.717) is 55.6 Å². The maximum Gasteiger partial charge on any atom is 0.248 e. The summed E-state index contributed by atoms with van der Waals surface area (Å²) in [6.07, 6.45) is 9.91. The quantitative estimate of drug-likeness (QED) is 0.415. The Hall–Kier alpha value is -0.650. The molecule has 2 nitrogen and oxygen atoms in total. The SMILES string of the molecule is C.C.CCC1=N[C@H](C2CCC(F)(F)CC2)CC1.CC[C@H]1CC[C@@H](C2CCC(F)(F)CC2)N1. The molecule has 0 amide bonds. The first-order valence-corrected chi connectivity index (χ1v) is 12.3. The van der Waals surface area contributed by atoms with Crippen LogP contribution in [0.15, 0.2) is 4.99 Å². The third-order valence-electron chi connectivity index (χ3n) is 7.89. The monoisotopic (exact) mass is 464 g/mol. The van der Waals surface area contributed by atoms with Crippen molar-refractivity contribution in [3.05, 3.63) is 0 Å². The minimum atomic E-state index is -2.40. The maximum atomic E-state index is 13.0. The van der Waals surface area contributed by atoms with Crippen LogP contribution in [0.2, 0.25) is 0 Å². The van der Waals surface area contributed by atoms with Gasteiger partial charge in [-0.3, -0.25) is 4.99 Å². The van der Waals surface area contributed by atoms with Crippen molar-refractivity contribution < 1.29 is 17.6 Å². The summed E-state index contributed by atoms with van der Waals surface area (Å²) < 4.78 is 51.9. The summed E-state index contributed by atoms with van der Waals surface area (Å²) in [5.74, 6) is -3.85. The zero-order valence-corrected chi connectivity index (χ0v) is 18.7. The van der Waals surface area contributed by atoms with E-state index in [4.69, 9.17) is 0 Å². The van der Waals surface area contributed by atoms with Crippen LogP contribution in [0.3, 0.4) is 0 Å². The highest BCUT2D eigenvalue weighted by Crippen LogP contribution is 2.41. The van der Waals surface area contributed by atoms with E-state index in [1.807, 2.05) is 0 Å². The highest BCUT2D eigenvalue weighted by atomic mass is 19.3. The van der Waals surface area contributed by atoms with Crippen LogP contribution < -0.4 is 5.32 Å². The normalized spacial score (nSPS) is 32.2. The fourth-order valence-corrected chi connectivity index (χ4v) is 5.74. The lowest BCUT2D eigenvalue weighted by Gasteiger charge is -2.32. The average Bonchev–Trinajstić information content (AvgIpc) is 3.38. The molecule has 0 radical (unpaired) electrons. The van der Waals surface area contributed by atoms with Crippen LogP contribution in [0, 0.1) is 11.8 Å². The van der Waals surface area contributed by atoms with Crippen molar-refractivity contribution in [3.8, 4) is 0 Å². The van der Waals surface area contributed by atoms with Gasteiger partial charge in [0, 0.05) is 43.5 Å². The highest BCUT2D eigenvalue weighted by Gasteiger charge is 2.40. The molecule has 0 unspecified atom stereocenters. The number of hydrogen-bond donors (Lipinski definition) is 1. The highest BCUT2D eigenvalue weighted by molar-refractivity contribution is 5.85. The Morgan fingerprint density at radius 1 is 0.781 bits per heavy atom. The number of nitrogens with zero attached hydrogens (tertiary/aromatic N) is 1. The molecule has 2 aliphatic heterocycles. The molecule has 4 rings (SSSR count). The second kappa shape index (κ2) is 12.7. The second-order valence-electron chi connectivity index (χ2n) is 10.00. The molecule has 2 saturated carbocycles. The van der Waals surface area contributed by atoms with Gasteiger partial charge in [-0.05, 0) is 76.0 Å². The topological polar surface area (TPSA) is 24.4 Å². The molecule has 190 valence electrons. The minimum Gasteiger partial charge on any atom is -0.311 e. The van der Waals surface area contributed by atoms with E-state index in [-0.39, 0.29) is 40.5 Å². The first-order chi connectivity index (χ1) is 14.2. The lowest BCUT2D eigenvalue weighted by Crippen LogP contribution is -2.38. The summed E-state index contributed by atoms with van der Waals surface area (Å²) in [6.45, 7) is 4.31. The van der Waals surface area contributed by atoms with Gasteiger partial charge >= 0.3 is 0 Å². The summed E-state index contributed by atoms with van der Waals surface area (Å²) in [5, 5.41) is 3.59. The van der Waals surface area contributed by atoms with Gasteiger partial charge < -0.3 is 5.32 Å². The lowest BCUT2D eigenvalue weighted by atomic mass is 9.81. The zero-order chi connectivity index (χ0) is 21.8. The minimum absolute atomic E-state index is 0. The Bertz CT molecular complexity index is 558. The Morgan fingerprint density at radius 3 is 1.75 bits per heavy atom. The van der Waals surface area contributed by atoms with Gasteiger partial charge in [0.15, 0.2) is 0 Å². The molecular formula is C26H48F4N2. The van der Waals surface area contributed by atoms with E-state index in [1.165, 1.54) is 25.0 Å². The Balaban J connectivity index is 0.000000301. The molecule has 0 aromatic rings. The number of nitrogens with one attached hydrogen (secondary N) is 1. The van der Waals surface area contributed by atoms with Gasteiger partial charge in [-0.25, -0.2) is 17.6 Å². The second-order valence-corrected chi connectivity index (χ2v) is 10.00. The van der Waals surface area contributed by atoms with E-state index in [9.17, 15) is 17.6 Å². The fourth-order valence-electron chi connectivity index (χ4n) is 5.74. The zero-order valence-electron chi connectivity index (χ0n) is 18.7. The molecule has 0 spiro atoms. The van der Waals surface area contributed by atoms with Crippen LogP contribution in [0.25, 0.3) is 0 Å². The van der Waals surface area contributed by atoms with Gasteiger partial charge in [0.25, 0.3) is 0 Å². The maximum absolute atomic E-state index is 13.0. The molecule has 0 aromatic heterocycles. The lowest BCUT2D eigenvalue weighted by molar-refractivity contribution is -0.0492. The van der Waals surface area contributed by atoms with Crippen molar-refractivity contribution in [1.82, 2.24) is 5.32 Å². The first kappa shape index (κ1) is 29.4. The van der Waals surface area contributed by atoms with Crippen molar-refractivity contribution in [1.29, 1.82) is 0 Å². The molecule has 1 N–H and O–H groups in total. The molecule has 6 heteroatoms. The van der Waals surface area contributed by atoms with E-state index < -0.39 is 11.8 Å². The van der Waals surface area contributed by atoms with Crippen LogP contribution in [-0.4, -0.2) is 35.7 Å². The number of hydrogen-bond acceptors (Lipinski definition) is 2. The Morgan fingerprint density at radius 2 is 1.31 bits per heavy atom. The molecule has 3 atom stereocenters. The molecule has 2 heterocycles. The van der Waals surface area contributed by atoms with Gasteiger partial charge in [-0.1, -0.05) is 28.7 Å². The van der Waals surface area contributed by atoms with E-state index >= 15 is 0 Å². The van der Waals surface area contributed by atoms with E-state index in [0.717, 1.165) is 19.3 Å². The first-order valence-electron chi connectivity index (χ1n) is 12.3. The standard InChI is InChI=1S/C12H21F2N.C12H19F2N.2CH4/c2*1-2-10-3-4-11(15-10)9-5-7-12(13,14)8-6-9;;/h9-11,15H,2-8H2,1H3;9,11H,2-8H2,1H3;2*1H4/t10-,11-;11-;;/m00../s1. The number of aliphatic imine (C=N–C) groups is 1. The van der Waals surface area contributed by atoms with Crippen molar-refractivity contribution in [2.45, 2.75) is 149 Å². The number of rotatable bonds is 4.